The highest BCUT2D eigenvalue weighted by atomic mass is 16.5. The van der Waals surface area contributed by atoms with Gasteiger partial charge in [-0.25, -0.2) is 0 Å². The standard InChI is InChI=1S/C17H23N3O/c18-12-17(19,14-6-2-1-3-7-14)13-20-10-11-21-16-9-5-4-8-15(16)20/h1-3,6-7,15-16H,4-5,8-11,13,19H2. The molecule has 2 fully saturated rings. The molecule has 0 amide bonds. The van der Waals surface area contributed by atoms with Crippen molar-refractivity contribution >= 4 is 0 Å². The van der Waals surface area contributed by atoms with Crippen molar-refractivity contribution in [3.8, 4) is 6.07 Å². The molecular weight excluding hydrogens is 262 g/mol. The summed E-state index contributed by atoms with van der Waals surface area (Å²) < 4.78 is 5.90. The van der Waals surface area contributed by atoms with Crippen molar-refractivity contribution < 1.29 is 4.74 Å². The number of morpholine rings is 1. The minimum absolute atomic E-state index is 0.325. The quantitative estimate of drug-likeness (QED) is 0.922. The fourth-order valence-electron chi connectivity index (χ4n) is 3.62. The van der Waals surface area contributed by atoms with Gasteiger partial charge in [-0.1, -0.05) is 43.2 Å². The Morgan fingerprint density at radius 2 is 2.05 bits per heavy atom. The molecule has 1 aromatic carbocycles. The first-order valence-electron chi connectivity index (χ1n) is 7.84. The molecule has 1 saturated heterocycles. The number of fused-ring (bicyclic) bond motifs is 1. The Balaban J connectivity index is 1.78. The van der Waals surface area contributed by atoms with Gasteiger partial charge in [-0.3, -0.25) is 4.90 Å². The van der Waals surface area contributed by atoms with Crippen LogP contribution in [-0.4, -0.2) is 36.7 Å². The second-order valence-electron chi connectivity index (χ2n) is 6.18. The maximum atomic E-state index is 9.63. The number of rotatable bonds is 3. The summed E-state index contributed by atoms with van der Waals surface area (Å²) in [4.78, 5) is 2.38. The first kappa shape index (κ1) is 14.5. The molecule has 1 aromatic rings. The van der Waals surface area contributed by atoms with Crippen LogP contribution in [0.25, 0.3) is 0 Å². The summed E-state index contributed by atoms with van der Waals surface area (Å²) >= 11 is 0. The Kier molecular flexibility index (Phi) is 4.25. The maximum Gasteiger partial charge on any atom is 0.142 e. The van der Waals surface area contributed by atoms with Crippen LogP contribution < -0.4 is 5.73 Å². The van der Waals surface area contributed by atoms with Crippen LogP contribution in [0.5, 0.6) is 0 Å². The van der Waals surface area contributed by atoms with Crippen LogP contribution in [-0.2, 0) is 10.3 Å². The van der Waals surface area contributed by atoms with E-state index in [9.17, 15) is 5.26 Å². The van der Waals surface area contributed by atoms with Crippen molar-refractivity contribution in [2.24, 2.45) is 5.73 Å². The van der Waals surface area contributed by atoms with E-state index in [-0.39, 0.29) is 0 Å². The molecule has 3 rings (SSSR count). The highest BCUT2D eigenvalue weighted by Crippen LogP contribution is 2.30. The van der Waals surface area contributed by atoms with Gasteiger partial charge in [0.25, 0.3) is 0 Å². The van der Waals surface area contributed by atoms with Crippen molar-refractivity contribution in [3.05, 3.63) is 35.9 Å². The van der Waals surface area contributed by atoms with E-state index in [0.717, 1.165) is 31.6 Å². The van der Waals surface area contributed by atoms with E-state index in [2.05, 4.69) is 11.0 Å². The van der Waals surface area contributed by atoms with E-state index in [1.807, 2.05) is 30.3 Å². The fraction of sp³-hybridized carbons (Fsp3) is 0.588. The molecule has 112 valence electrons. The van der Waals surface area contributed by atoms with Crippen molar-refractivity contribution in [2.45, 2.75) is 43.4 Å². The van der Waals surface area contributed by atoms with E-state index in [4.69, 9.17) is 10.5 Å². The third kappa shape index (κ3) is 2.96. The third-order valence-corrected chi connectivity index (χ3v) is 4.79. The largest absolute Gasteiger partial charge is 0.375 e. The van der Waals surface area contributed by atoms with Crippen LogP contribution in [0.1, 0.15) is 31.2 Å². The highest BCUT2D eigenvalue weighted by molar-refractivity contribution is 5.31. The number of nitrogens with two attached hydrogens (primary N) is 1. The van der Waals surface area contributed by atoms with Gasteiger partial charge in [0.2, 0.25) is 0 Å². The van der Waals surface area contributed by atoms with Crippen LogP contribution in [0, 0.1) is 11.3 Å². The number of benzene rings is 1. The molecule has 2 N–H and O–H groups in total. The molecule has 4 heteroatoms. The lowest BCUT2D eigenvalue weighted by molar-refractivity contribution is -0.0917. The Hall–Kier alpha value is -1.41. The number of hydrogen-bond donors (Lipinski definition) is 1. The van der Waals surface area contributed by atoms with Gasteiger partial charge < -0.3 is 10.5 Å². The van der Waals surface area contributed by atoms with Gasteiger partial charge in [0, 0.05) is 19.1 Å². The molecule has 0 aromatic heterocycles. The second kappa shape index (κ2) is 6.15. The molecule has 0 spiro atoms. The topological polar surface area (TPSA) is 62.3 Å². The molecule has 4 nitrogen and oxygen atoms in total. The Bertz CT molecular complexity index is 511. The monoisotopic (exact) mass is 285 g/mol. The first-order valence-corrected chi connectivity index (χ1v) is 7.84. The second-order valence-corrected chi connectivity index (χ2v) is 6.18. The van der Waals surface area contributed by atoms with E-state index >= 15 is 0 Å². The summed E-state index contributed by atoms with van der Waals surface area (Å²) in [5.41, 5.74) is 6.38. The van der Waals surface area contributed by atoms with Gasteiger partial charge in [0.1, 0.15) is 5.54 Å². The SMILES string of the molecule is N#CC(N)(CN1CCOC2CCCCC21)c1ccccc1. The van der Waals surface area contributed by atoms with Crippen LogP contribution in [0.15, 0.2) is 30.3 Å². The van der Waals surface area contributed by atoms with Crippen LogP contribution in [0.4, 0.5) is 0 Å². The zero-order chi connectivity index (χ0) is 14.7. The zero-order valence-corrected chi connectivity index (χ0v) is 12.4. The van der Waals surface area contributed by atoms with Gasteiger partial charge in [-0.05, 0) is 18.4 Å². The molecule has 1 aliphatic heterocycles. The number of nitrogens with zero attached hydrogens (tertiary/aromatic N) is 2. The summed E-state index contributed by atoms with van der Waals surface area (Å²) in [6.45, 7) is 2.20. The summed E-state index contributed by atoms with van der Waals surface area (Å²) in [7, 11) is 0. The van der Waals surface area contributed by atoms with Crippen LogP contribution in [0.3, 0.4) is 0 Å². The lowest BCUT2D eigenvalue weighted by atomic mass is 9.87. The average Bonchev–Trinajstić information content (AvgIpc) is 2.56. The molecule has 3 unspecified atom stereocenters. The number of hydrogen-bond acceptors (Lipinski definition) is 4. The van der Waals surface area contributed by atoms with Gasteiger partial charge in [-0.15, -0.1) is 0 Å². The lowest BCUT2D eigenvalue weighted by Gasteiger charge is -2.45. The zero-order valence-electron chi connectivity index (χ0n) is 12.4. The smallest absolute Gasteiger partial charge is 0.142 e. The predicted molar refractivity (Wildman–Crippen MR) is 81.5 cm³/mol. The van der Waals surface area contributed by atoms with E-state index in [1.165, 1.54) is 12.8 Å². The molecular formula is C17H23N3O. The van der Waals surface area contributed by atoms with Crippen molar-refractivity contribution in [2.75, 3.05) is 19.7 Å². The van der Waals surface area contributed by atoms with Gasteiger partial charge in [-0.2, -0.15) is 5.26 Å². The molecule has 0 radical (unpaired) electrons. The summed E-state index contributed by atoms with van der Waals surface area (Å²) in [5, 5.41) is 9.63. The van der Waals surface area contributed by atoms with Gasteiger partial charge >= 0.3 is 0 Å². The molecule has 2 aliphatic rings. The molecule has 1 saturated carbocycles. The summed E-state index contributed by atoms with van der Waals surface area (Å²) in [6.07, 6.45) is 5.11. The number of nitriles is 1. The average molecular weight is 285 g/mol. The van der Waals surface area contributed by atoms with E-state index < -0.39 is 5.54 Å². The molecule has 21 heavy (non-hydrogen) atoms. The van der Waals surface area contributed by atoms with Gasteiger partial charge in [0.15, 0.2) is 0 Å². The predicted octanol–water partition coefficient (Wildman–Crippen LogP) is 2.01. The minimum atomic E-state index is -0.944. The Morgan fingerprint density at radius 3 is 2.81 bits per heavy atom. The van der Waals surface area contributed by atoms with E-state index in [0.29, 0.717) is 18.7 Å². The molecule has 3 atom stereocenters. The van der Waals surface area contributed by atoms with Crippen molar-refractivity contribution in [3.63, 3.8) is 0 Å². The first-order chi connectivity index (χ1) is 10.2. The molecule has 0 bridgehead atoms. The summed E-state index contributed by atoms with van der Waals surface area (Å²) in [6, 6.07) is 12.5. The molecule has 1 heterocycles. The maximum absolute atomic E-state index is 9.63. The third-order valence-electron chi connectivity index (χ3n) is 4.79. The van der Waals surface area contributed by atoms with Gasteiger partial charge in [0.05, 0.1) is 18.8 Å². The van der Waals surface area contributed by atoms with Crippen LogP contribution in [0.2, 0.25) is 0 Å². The highest BCUT2D eigenvalue weighted by Gasteiger charge is 2.39. The van der Waals surface area contributed by atoms with Crippen molar-refractivity contribution in [1.82, 2.24) is 4.90 Å². The Morgan fingerprint density at radius 1 is 1.29 bits per heavy atom. The normalized spacial score (nSPS) is 29.1. The molecule has 1 aliphatic carbocycles. The number of ether oxygens (including phenoxy) is 1. The Labute approximate surface area is 126 Å². The lowest BCUT2D eigenvalue weighted by Crippen LogP contribution is -2.58. The minimum Gasteiger partial charge on any atom is -0.375 e. The van der Waals surface area contributed by atoms with E-state index in [1.54, 1.807) is 0 Å². The van der Waals surface area contributed by atoms with Crippen molar-refractivity contribution in [1.29, 1.82) is 5.26 Å². The van der Waals surface area contributed by atoms with Crippen LogP contribution >= 0.6 is 0 Å². The summed E-state index contributed by atoms with van der Waals surface area (Å²) in [5.74, 6) is 0. The fourth-order valence-corrected chi connectivity index (χ4v) is 3.62.